The third kappa shape index (κ3) is 9.11. The molecule has 0 aliphatic rings. The van der Waals surface area contributed by atoms with Gasteiger partial charge in [-0.2, -0.15) is 0 Å². The molecule has 21 heavy (non-hydrogen) atoms. The average molecular weight is 292 g/mol. The van der Waals surface area contributed by atoms with E-state index in [2.05, 4.69) is 6.92 Å². The molecule has 0 bridgehead atoms. The number of aldehydes is 1. The molecule has 0 unspecified atom stereocenters. The number of unbranched alkanes of at least 4 members (excludes halogenated alkanes) is 7. The molecule has 0 spiro atoms. The van der Waals surface area contributed by atoms with Crippen molar-refractivity contribution in [2.45, 2.75) is 58.3 Å². The van der Waals surface area contributed by atoms with Crippen LogP contribution in [0.15, 0.2) is 24.3 Å². The molecular formula is C18H28O3. The van der Waals surface area contributed by atoms with Crippen LogP contribution in [0.2, 0.25) is 0 Å². The number of hydrogen-bond donors (Lipinski definition) is 0. The Hall–Kier alpha value is -1.51. The number of carbonyl (C=O) groups is 1. The quantitative estimate of drug-likeness (QED) is 0.387. The molecule has 3 heteroatoms. The van der Waals surface area contributed by atoms with Crippen LogP contribution in [0.5, 0.6) is 11.5 Å². The Morgan fingerprint density at radius 2 is 1.33 bits per heavy atom. The van der Waals surface area contributed by atoms with Gasteiger partial charge in [-0.15, -0.1) is 0 Å². The van der Waals surface area contributed by atoms with Gasteiger partial charge in [-0.05, 0) is 30.7 Å². The zero-order chi connectivity index (χ0) is 15.2. The minimum atomic E-state index is 0.0957. The Kier molecular flexibility index (Phi) is 10.2. The van der Waals surface area contributed by atoms with Crippen molar-refractivity contribution in [3.8, 4) is 11.5 Å². The van der Waals surface area contributed by atoms with E-state index < -0.39 is 0 Å². The molecule has 0 aliphatic carbocycles. The molecular weight excluding hydrogens is 264 g/mol. The fourth-order valence-electron chi connectivity index (χ4n) is 2.19. The second-order valence-electron chi connectivity index (χ2n) is 5.27. The van der Waals surface area contributed by atoms with Crippen LogP contribution >= 0.6 is 0 Å². The first kappa shape index (κ1) is 17.5. The maximum absolute atomic E-state index is 10.2. The number of carbonyl (C=O) groups excluding carboxylic acids is 1. The Labute approximate surface area is 128 Å². The van der Waals surface area contributed by atoms with Gasteiger partial charge in [0.05, 0.1) is 6.61 Å². The Balaban J connectivity index is 2.01. The van der Waals surface area contributed by atoms with Crippen molar-refractivity contribution in [2.75, 3.05) is 13.2 Å². The van der Waals surface area contributed by atoms with Gasteiger partial charge in [-0.3, -0.25) is 4.79 Å². The van der Waals surface area contributed by atoms with Crippen molar-refractivity contribution in [3.63, 3.8) is 0 Å². The van der Waals surface area contributed by atoms with E-state index >= 15 is 0 Å². The predicted octanol–water partition coefficient (Wildman–Crippen LogP) is 4.78. The van der Waals surface area contributed by atoms with E-state index in [1.165, 1.54) is 44.9 Å². The summed E-state index contributed by atoms with van der Waals surface area (Å²) in [5, 5.41) is 0. The van der Waals surface area contributed by atoms with Gasteiger partial charge in [-0.1, -0.05) is 51.9 Å². The highest BCUT2D eigenvalue weighted by Crippen LogP contribution is 2.18. The SMILES string of the molecule is CCCCCCCCCCOc1ccc(OCC=O)cc1. The van der Waals surface area contributed by atoms with Crippen molar-refractivity contribution in [2.24, 2.45) is 0 Å². The number of rotatable bonds is 13. The van der Waals surface area contributed by atoms with Crippen LogP contribution in [-0.2, 0) is 4.79 Å². The largest absolute Gasteiger partial charge is 0.494 e. The lowest BCUT2D eigenvalue weighted by Gasteiger charge is -2.07. The molecule has 0 amide bonds. The molecule has 0 radical (unpaired) electrons. The monoisotopic (exact) mass is 292 g/mol. The number of ether oxygens (including phenoxy) is 2. The van der Waals surface area contributed by atoms with Gasteiger partial charge < -0.3 is 9.47 Å². The van der Waals surface area contributed by atoms with Crippen LogP contribution in [0.4, 0.5) is 0 Å². The second-order valence-corrected chi connectivity index (χ2v) is 5.27. The standard InChI is InChI=1S/C18H28O3/c1-2-3-4-5-6-7-8-9-15-20-17-10-12-18(13-11-17)21-16-14-19/h10-14H,2-9,15-16H2,1H3. The van der Waals surface area contributed by atoms with E-state index in [-0.39, 0.29) is 6.61 Å². The maximum atomic E-state index is 10.2. The van der Waals surface area contributed by atoms with E-state index in [0.717, 1.165) is 25.1 Å². The van der Waals surface area contributed by atoms with Crippen LogP contribution < -0.4 is 9.47 Å². The molecule has 1 aromatic rings. The fraction of sp³-hybridized carbons (Fsp3) is 0.611. The molecule has 0 saturated carbocycles. The van der Waals surface area contributed by atoms with Gasteiger partial charge in [0.25, 0.3) is 0 Å². The van der Waals surface area contributed by atoms with Gasteiger partial charge in [-0.25, -0.2) is 0 Å². The van der Waals surface area contributed by atoms with Gasteiger partial charge in [0.1, 0.15) is 18.1 Å². The van der Waals surface area contributed by atoms with Crippen LogP contribution in [0.25, 0.3) is 0 Å². The lowest BCUT2D eigenvalue weighted by Crippen LogP contribution is -1.99. The summed E-state index contributed by atoms with van der Waals surface area (Å²) in [6.45, 7) is 3.11. The van der Waals surface area contributed by atoms with E-state index in [4.69, 9.17) is 9.47 Å². The van der Waals surface area contributed by atoms with Crippen LogP contribution in [0, 0.1) is 0 Å². The zero-order valence-corrected chi connectivity index (χ0v) is 13.2. The highest BCUT2D eigenvalue weighted by Gasteiger charge is 1.97. The van der Waals surface area contributed by atoms with Crippen molar-refractivity contribution in [1.29, 1.82) is 0 Å². The fourth-order valence-corrected chi connectivity index (χ4v) is 2.19. The molecule has 0 saturated heterocycles. The molecule has 1 rings (SSSR count). The summed E-state index contributed by atoms with van der Waals surface area (Å²) in [4.78, 5) is 10.2. The lowest BCUT2D eigenvalue weighted by atomic mass is 10.1. The van der Waals surface area contributed by atoms with E-state index in [1.54, 1.807) is 0 Å². The first-order valence-corrected chi connectivity index (χ1v) is 8.16. The summed E-state index contributed by atoms with van der Waals surface area (Å²) in [5.41, 5.74) is 0. The smallest absolute Gasteiger partial charge is 0.157 e. The van der Waals surface area contributed by atoms with Crippen LogP contribution in [0.3, 0.4) is 0 Å². The van der Waals surface area contributed by atoms with Crippen LogP contribution in [-0.4, -0.2) is 19.5 Å². The number of hydrogen-bond acceptors (Lipinski definition) is 3. The summed E-state index contributed by atoms with van der Waals surface area (Å²) >= 11 is 0. The molecule has 0 N–H and O–H groups in total. The average Bonchev–Trinajstić information content (AvgIpc) is 2.52. The third-order valence-corrected chi connectivity index (χ3v) is 3.41. The first-order valence-electron chi connectivity index (χ1n) is 8.16. The molecule has 0 aliphatic heterocycles. The Bertz CT molecular complexity index is 359. The molecule has 0 aromatic heterocycles. The molecule has 118 valence electrons. The predicted molar refractivity (Wildman–Crippen MR) is 86.1 cm³/mol. The van der Waals surface area contributed by atoms with Crippen molar-refractivity contribution in [3.05, 3.63) is 24.3 Å². The minimum Gasteiger partial charge on any atom is -0.494 e. The summed E-state index contributed by atoms with van der Waals surface area (Å²) in [6, 6.07) is 7.41. The van der Waals surface area contributed by atoms with Crippen molar-refractivity contribution in [1.82, 2.24) is 0 Å². The summed E-state index contributed by atoms with van der Waals surface area (Å²) in [6.07, 6.45) is 11.2. The summed E-state index contributed by atoms with van der Waals surface area (Å²) < 4.78 is 10.9. The normalized spacial score (nSPS) is 10.3. The summed E-state index contributed by atoms with van der Waals surface area (Å²) in [7, 11) is 0. The van der Waals surface area contributed by atoms with Gasteiger partial charge in [0.15, 0.2) is 6.29 Å². The highest BCUT2D eigenvalue weighted by atomic mass is 16.5. The zero-order valence-electron chi connectivity index (χ0n) is 13.2. The maximum Gasteiger partial charge on any atom is 0.157 e. The molecule has 0 fully saturated rings. The third-order valence-electron chi connectivity index (χ3n) is 3.41. The topological polar surface area (TPSA) is 35.5 Å². The summed E-state index contributed by atoms with van der Waals surface area (Å²) in [5.74, 6) is 1.55. The molecule has 0 heterocycles. The first-order chi connectivity index (χ1) is 10.4. The highest BCUT2D eigenvalue weighted by molar-refractivity contribution is 5.51. The van der Waals surface area contributed by atoms with Gasteiger partial charge in [0.2, 0.25) is 0 Å². The van der Waals surface area contributed by atoms with Crippen molar-refractivity contribution >= 4 is 6.29 Å². The van der Waals surface area contributed by atoms with E-state index in [9.17, 15) is 4.79 Å². The Morgan fingerprint density at radius 3 is 1.90 bits per heavy atom. The molecule has 1 aromatic carbocycles. The molecule has 0 atom stereocenters. The van der Waals surface area contributed by atoms with E-state index in [0.29, 0.717) is 5.75 Å². The van der Waals surface area contributed by atoms with Gasteiger partial charge >= 0.3 is 0 Å². The van der Waals surface area contributed by atoms with Crippen LogP contribution in [0.1, 0.15) is 58.3 Å². The molecule has 3 nitrogen and oxygen atoms in total. The van der Waals surface area contributed by atoms with Crippen molar-refractivity contribution < 1.29 is 14.3 Å². The minimum absolute atomic E-state index is 0.0957. The Morgan fingerprint density at radius 1 is 0.810 bits per heavy atom. The second kappa shape index (κ2) is 12.2. The number of benzene rings is 1. The van der Waals surface area contributed by atoms with Gasteiger partial charge in [0, 0.05) is 0 Å². The lowest BCUT2D eigenvalue weighted by molar-refractivity contribution is -0.109. The van der Waals surface area contributed by atoms with E-state index in [1.807, 2.05) is 24.3 Å².